The lowest BCUT2D eigenvalue weighted by Gasteiger charge is -2.15. The summed E-state index contributed by atoms with van der Waals surface area (Å²) in [6, 6.07) is 25.6. The number of hydrogen-bond donors (Lipinski definition) is 13. The predicted octanol–water partition coefficient (Wildman–Crippen LogP) is 19.0. The quantitative estimate of drug-likeness (QED) is 0.00433. The highest BCUT2D eigenvalue weighted by Crippen LogP contribution is 2.52. The van der Waals surface area contributed by atoms with Crippen molar-refractivity contribution in [1.29, 1.82) is 0 Å². The molecule has 568 valence electrons. The topological polar surface area (TPSA) is 582 Å². The van der Waals surface area contributed by atoms with Gasteiger partial charge in [0.15, 0.2) is 17.2 Å². The molecule has 40 nitrogen and oxygen atoms in total. The second-order valence-corrected chi connectivity index (χ2v) is 29.6. The number of aromatic hydroxyl groups is 4. The van der Waals surface area contributed by atoms with E-state index in [9.17, 15) is 69.9 Å². The maximum atomic E-state index is 13.3. The number of anilines is 1. The van der Waals surface area contributed by atoms with Crippen LogP contribution in [0.25, 0.3) is 43.1 Å². The van der Waals surface area contributed by atoms with E-state index >= 15 is 0 Å². The number of fused-ring (bicyclic) bond motifs is 4. The summed E-state index contributed by atoms with van der Waals surface area (Å²) in [7, 11) is -15.3. The number of phenolic OH excluding ortho intramolecular Hbond substituents is 4. The van der Waals surface area contributed by atoms with Gasteiger partial charge in [-0.2, -0.15) is 40.6 Å². The number of rotatable bonds is 36. The molecule has 0 unspecified atom stereocenters. The molecule has 10 rings (SSSR count). The third-order valence-corrected chi connectivity index (χ3v) is 20.4. The predicted molar refractivity (Wildman–Crippen MR) is 384 cm³/mol. The molecule has 0 spiro atoms. The average molecular weight is 1650 g/mol. The van der Waals surface area contributed by atoms with Crippen molar-refractivity contribution in [1.82, 2.24) is 0 Å². The van der Waals surface area contributed by atoms with Crippen LogP contribution in [0.5, 0.6) is 28.7 Å². The molecule has 0 aliphatic carbocycles. The van der Waals surface area contributed by atoms with Gasteiger partial charge in [0.25, 0.3) is 30.4 Å². The molecule has 0 saturated heterocycles. The number of unbranched alkanes of at least 4 members (excludes halogenated alkanes) is 1. The number of phenols is 4. The van der Waals surface area contributed by atoms with Gasteiger partial charge in [0.05, 0.1) is 113 Å². The first-order chi connectivity index (χ1) is 51.8. The Balaban J connectivity index is 1.04. The Hall–Kier alpha value is -9.08. The lowest BCUT2D eigenvalue weighted by Crippen LogP contribution is -2.01. The van der Waals surface area contributed by atoms with Crippen molar-refractivity contribution in [3.8, 4) is 28.7 Å². The van der Waals surface area contributed by atoms with E-state index in [2.05, 4.69) is 90.3 Å². The van der Waals surface area contributed by atoms with Crippen molar-refractivity contribution in [3.05, 3.63) is 127 Å². The van der Waals surface area contributed by atoms with Crippen molar-refractivity contribution in [2.75, 3.05) is 24.2 Å². The fourth-order valence-electron chi connectivity index (χ4n) is 10.0. The molecule has 13 N–H and O–H groups in total. The van der Waals surface area contributed by atoms with Gasteiger partial charge in [0.1, 0.15) is 50.5 Å². The summed E-state index contributed by atoms with van der Waals surface area (Å²) in [5.41, 5.74) is -1.18. The zero-order valence-corrected chi connectivity index (χ0v) is 60.9. The van der Waals surface area contributed by atoms with Gasteiger partial charge in [0, 0.05) is 62.9 Å². The molecule has 0 atom stereocenters. The number of ether oxygens (including phenoxy) is 1. The molecule has 10 aromatic rings. The molecule has 0 saturated carbocycles. The Morgan fingerprint density at radius 2 is 1.01 bits per heavy atom. The van der Waals surface area contributed by atoms with E-state index in [1.165, 1.54) is 73.7 Å². The third kappa shape index (κ3) is 20.0. The van der Waals surface area contributed by atoms with Gasteiger partial charge in [-0.15, -0.1) is 57.5 Å². The number of hydrogen-bond acceptors (Lipinski definition) is 42. The SMILES string of the molecule is CCCCNc1ccc2c(O)c(N=Nc3ccc4c(O)c(N=Nc5cccc(SOOO)c5)c(SOOO)cc4c3)c(SOOO)cc2c1N=Nc1cc2c(O)c(N=Nc3cc(C)c(N=Nc4cc(S(=O)(=O)O)cc5cc(S(=O)(=O)O)cc(O)c45)cc3OCCCSOOO)c(S(=O)(=O)O)cc2cc1SOOO. The minimum Gasteiger partial charge on any atom is -0.507 e. The fraction of sp³-hybridized carbons (Fsp3) is 0.133. The summed E-state index contributed by atoms with van der Waals surface area (Å²) in [5, 5.41) is 156. The van der Waals surface area contributed by atoms with Gasteiger partial charge < -0.3 is 30.5 Å². The van der Waals surface area contributed by atoms with Gasteiger partial charge >= 0.3 is 0 Å². The van der Waals surface area contributed by atoms with Crippen LogP contribution in [0.15, 0.2) is 207 Å². The zero-order chi connectivity index (χ0) is 77.5. The molecule has 0 radical (unpaired) electrons. The maximum absolute atomic E-state index is 13.3. The highest BCUT2D eigenvalue weighted by Gasteiger charge is 2.27. The number of nitrogens with zero attached hydrogens (tertiary/aromatic N) is 10. The summed E-state index contributed by atoms with van der Waals surface area (Å²) >= 11 is 2.52. The van der Waals surface area contributed by atoms with Gasteiger partial charge in [-0.05, 0) is 145 Å². The van der Waals surface area contributed by atoms with E-state index in [0.29, 0.717) is 95.2 Å². The lowest BCUT2D eigenvalue weighted by molar-refractivity contribution is -0.432. The molecule has 10 aromatic carbocycles. The third-order valence-electron chi connectivity index (χ3n) is 14.8. The Bertz CT molecular complexity index is 5580. The van der Waals surface area contributed by atoms with Crippen LogP contribution in [0.4, 0.5) is 62.6 Å². The van der Waals surface area contributed by atoms with Crippen molar-refractivity contribution >= 4 is 196 Å². The van der Waals surface area contributed by atoms with Crippen molar-refractivity contribution < 1.29 is 137 Å². The largest absolute Gasteiger partial charge is 0.507 e. The number of azo groups is 5. The minimum absolute atomic E-state index is 0.0146. The molecule has 48 heteroatoms. The Morgan fingerprint density at radius 3 is 1.68 bits per heavy atom. The first kappa shape index (κ1) is 81.4. The molecular weight excluding hydrogens is 1600 g/mol. The van der Waals surface area contributed by atoms with Crippen LogP contribution in [0.2, 0.25) is 0 Å². The van der Waals surface area contributed by atoms with E-state index < -0.39 is 79.4 Å². The minimum atomic E-state index is -5.34. The van der Waals surface area contributed by atoms with Crippen molar-refractivity contribution in [2.45, 2.75) is 67.4 Å². The molecule has 0 aliphatic rings. The normalized spacial score (nSPS) is 12.6. The number of nitrogens with one attached hydrogen (secondary N) is 1. The van der Waals surface area contributed by atoms with Crippen LogP contribution in [-0.2, 0) is 77.2 Å². The second-order valence-electron chi connectivity index (χ2n) is 21.6. The zero-order valence-electron chi connectivity index (χ0n) is 54.3. The highest BCUT2D eigenvalue weighted by molar-refractivity contribution is 7.95. The van der Waals surface area contributed by atoms with E-state index in [1.807, 2.05) is 6.92 Å². The van der Waals surface area contributed by atoms with E-state index in [4.69, 9.17) is 33.5 Å². The van der Waals surface area contributed by atoms with E-state index in [-0.39, 0.29) is 128 Å². The van der Waals surface area contributed by atoms with Crippen LogP contribution in [0.1, 0.15) is 31.7 Å². The van der Waals surface area contributed by atoms with E-state index in [0.717, 1.165) is 30.7 Å². The summed E-state index contributed by atoms with van der Waals surface area (Å²) in [6.07, 6.45) is 1.57. The molecule has 0 amide bonds. The van der Waals surface area contributed by atoms with Crippen LogP contribution in [-0.4, -0.2) is 105 Å². The second kappa shape index (κ2) is 36.9. The molecule has 0 heterocycles. The summed E-state index contributed by atoms with van der Waals surface area (Å²) in [6.45, 7) is 3.63. The number of aryl methyl sites for hydroxylation is 1. The summed E-state index contributed by atoms with van der Waals surface area (Å²) in [5.74, 6) is -2.70. The van der Waals surface area contributed by atoms with Gasteiger partial charge in [-0.3, -0.25) is 13.7 Å². The van der Waals surface area contributed by atoms with Crippen molar-refractivity contribution in [3.63, 3.8) is 0 Å². The lowest BCUT2D eigenvalue weighted by atomic mass is 10.0. The summed E-state index contributed by atoms with van der Waals surface area (Å²) in [4.78, 5) is -2.26. The van der Waals surface area contributed by atoms with Crippen LogP contribution in [0.3, 0.4) is 0 Å². The molecule has 0 fully saturated rings. The molecule has 108 heavy (non-hydrogen) atoms. The summed E-state index contributed by atoms with van der Waals surface area (Å²) < 4.78 is 135. The standard InChI is InChI=1S/C60H51N11O29S8/c1-3-4-13-61-42-12-11-39-41(27-51(105-100-95-80)56(59(39)74)70-63-34-9-10-38-30(17-34)21-50(104-99-94-79)55(58(38)73)69-62-33-7-5-8-35(23-33)102-97-92-77)54(42)68-66-45-26-40-31(20-49(45)103-98-93-78)22-52(108(87,88)89)57(60(40)75)71-65-44-16-29(2)43(28-48(44)90-14-6-15-101-96-91-76)64-67-46-24-36(106(81,82)83)18-32-19-37(107(84,85)86)25-47(72)53(32)46/h5,7-12,16-28,61,72-80H,3-4,6,13-15H2,1-2H3,(H,81,82,83)(H,84,85,86)(H,87,88,89). The van der Waals surface area contributed by atoms with E-state index in [1.54, 1.807) is 24.3 Å². The smallest absolute Gasteiger partial charge is 0.296 e. The Kier molecular flexibility index (Phi) is 27.8. The highest BCUT2D eigenvalue weighted by atomic mass is 32.2. The van der Waals surface area contributed by atoms with Crippen LogP contribution >= 0.6 is 60.2 Å². The first-order valence-corrected chi connectivity index (χ1v) is 38.0. The van der Waals surface area contributed by atoms with Gasteiger partial charge in [0.2, 0.25) is 0 Å². The van der Waals surface area contributed by atoms with Crippen molar-refractivity contribution in [2.24, 2.45) is 51.1 Å². The average Bonchev–Trinajstić information content (AvgIpc) is 0.793. The molecule has 0 aliphatic heterocycles. The Labute approximate surface area is 627 Å². The Morgan fingerprint density at radius 1 is 0.444 bits per heavy atom. The van der Waals surface area contributed by atoms with Crippen LogP contribution in [0, 0.1) is 6.92 Å². The molecule has 0 aromatic heterocycles. The fourth-order valence-corrected chi connectivity index (χ4v) is 14.0. The van der Waals surface area contributed by atoms with Gasteiger partial charge in [-0.1, -0.05) is 44.6 Å². The van der Waals surface area contributed by atoms with Crippen LogP contribution < -0.4 is 10.1 Å². The number of benzene rings is 10. The van der Waals surface area contributed by atoms with Gasteiger partial charge in [-0.25, -0.2) is 26.3 Å². The molecular formula is C60H51N11O29S8. The maximum Gasteiger partial charge on any atom is 0.296 e. The monoisotopic (exact) mass is 1650 g/mol. The first-order valence-electron chi connectivity index (χ1n) is 29.8. The molecule has 0 bridgehead atoms.